The summed E-state index contributed by atoms with van der Waals surface area (Å²) in [6.45, 7) is 0.813. The van der Waals surface area contributed by atoms with E-state index in [1.165, 1.54) is 6.42 Å². The second-order valence-electron chi connectivity index (χ2n) is 4.00. The van der Waals surface area contributed by atoms with E-state index in [-0.39, 0.29) is 5.91 Å². The standard InChI is InChI=1S/C10H13NO3/c12-9(3-4-10(13)14)11-6-7-1-2-8(11)5-7/h3-4,7-8H,1-2,5-6H2,(H,13,14)/b4-3+. The van der Waals surface area contributed by atoms with Gasteiger partial charge in [0.1, 0.15) is 0 Å². The van der Waals surface area contributed by atoms with Gasteiger partial charge in [0.25, 0.3) is 0 Å². The summed E-state index contributed by atoms with van der Waals surface area (Å²) in [5, 5.41) is 8.38. The van der Waals surface area contributed by atoms with Crippen LogP contribution in [0.15, 0.2) is 12.2 Å². The number of nitrogens with zero attached hydrogens (tertiary/aromatic N) is 1. The van der Waals surface area contributed by atoms with Gasteiger partial charge in [-0.1, -0.05) is 0 Å². The fourth-order valence-electron chi connectivity index (χ4n) is 2.43. The first-order valence-electron chi connectivity index (χ1n) is 4.88. The van der Waals surface area contributed by atoms with E-state index < -0.39 is 5.97 Å². The third-order valence-corrected chi connectivity index (χ3v) is 3.06. The van der Waals surface area contributed by atoms with Crippen LogP contribution in [0.1, 0.15) is 19.3 Å². The summed E-state index contributed by atoms with van der Waals surface area (Å²) in [6.07, 6.45) is 5.47. The zero-order valence-electron chi connectivity index (χ0n) is 7.85. The lowest BCUT2D eigenvalue weighted by molar-refractivity contribution is -0.132. The lowest BCUT2D eigenvalue weighted by atomic mass is 10.1. The molecule has 14 heavy (non-hydrogen) atoms. The molecular formula is C10H13NO3. The molecule has 2 fully saturated rings. The van der Waals surface area contributed by atoms with Gasteiger partial charge in [0, 0.05) is 24.7 Å². The fourth-order valence-corrected chi connectivity index (χ4v) is 2.43. The van der Waals surface area contributed by atoms with E-state index in [1.807, 2.05) is 0 Å². The third kappa shape index (κ3) is 1.64. The molecule has 2 bridgehead atoms. The highest BCUT2D eigenvalue weighted by Crippen LogP contribution is 2.37. The van der Waals surface area contributed by atoms with Crippen molar-refractivity contribution in [1.82, 2.24) is 4.90 Å². The number of carboxylic acid groups (broad SMARTS) is 1. The number of fused-ring (bicyclic) bond motifs is 2. The van der Waals surface area contributed by atoms with E-state index in [4.69, 9.17) is 5.11 Å². The van der Waals surface area contributed by atoms with E-state index >= 15 is 0 Å². The van der Waals surface area contributed by atoms with Crippen LogP contribution in [0.25, 0.3) is 0 Å². The lowest BCUT2D eigenvalue weighted by Gasteiger charge is -2.25. The van der Waals surface area contributed by atoms with Crippen molar-refractivity contribution in [3.63, 3.8) is 0 Å². The number of amides is 1. The number of aliphatic carboxylic acids is 1. The van der Waals surface area contributed by atoms with Crippen LogP contribution in [0.3, 0.4) is 0 Å². The fraction of sp³-hybridized carbons (Fsp3) is 0.600. The molecule has 0 aromatic heterocycles. The van der Waals surface area contributed by atoms with E-state index in [0.717, 1.165) is 31.5 Å². The second-order valence-corrected chi connectivity index (χ2v) is 4.00. The third-order valence-electron chi connectivity index (χ3n) is 3.06. The van der Waals surface area contributed by atoms with Gasteiger partial charge in [-0.25, -0.2) is 4.79 Å². The van der Waals surface area contributed by atoms with Crippen LogP contribution in [0.2, 0.25) is 0 Å². The maximum atomic E-state index is 11.5. The SMILES string of the molecule is O=C(O)/C=C/C(=O)N1CC2CCC1C2. The molecule has 1 aliphatic heterocycles. The second kappa shape index (κ2) is 3.44. The van der Waals surface area contributed by atoms with Crippen LogP contribution in [0.4, 0.5) is 0 Å². The Morgan fingerprint density at radius 2 is 2.07 bits per heavy atom. The topological polar surface area (TPSA) is 57.6 Å². The number of piperidine rings is 1. The molecule has 0 radical (unpaired) electrons. The van der Waals surface area contributed by atoms with E-state index in [2.05, 4.69) is 0 Å². The van der Waals surface area contributed by atoms with Crippen LogP contribution < -0.4 is 0 Å². The predicted molar refractivity (Wildman–Crippen MR) is 49.6 cm³/mol. The summed E-state index contributed by atoms with van der Waals surface area (Å²) in [7, 11) is 0. The molecule has 76 valence electrons. The molecule has 1 saturated carbocycles. The van der Waals surface area contributed by atoms with Crippen LogP contribution in [-0.2, 0) is 9.59 Å². The molecular weight excluding hydrogens is 182 g/mol. The molecule has 0 aromatic rings. The molecule has 2 unspecified atom stereocenters. The number of likely N-dealkylation sites (tertiary alicyclic amines) is 1. The maximum absolute atomic E-state index is 11.5. The highest BCUT2D eigenvalue weighted by molar-refractivity contribution is 5.94. The molecule has 2 rings (SSSR count). The van der Waals surface area contributed by atoms with Gasteiger partial charge in [-0.15, -0.1) is 0 Å². The molecule has 1 N–H and O–H groups in total. The van der Waals surface area contributed by atoms with E-state index in [1.54, 1.807) is 4.90 Å². The summed E-state index contributed by atoms with van der Waals surface area (Å²) in [6, 6.07) is 0.367. The van der Waals surface area contributed by atoms with Gasteiger partial charge in [-0.2, -0.15) is 0 Å². The van der Waals surface area contributed by atoms with Crippen LogP contribution in [0.5, 0.6) is 0 Å². The van der Waals surface area contributed by atoms with Crippen molar-refractivity contribution in [3.05, 3.63) is 12.2 Å². The summed E-state index contributed by atoms with van der Waals surface area (Å²) in [5.74, 6) is -0.565. The van der Waals surface area contributed by atoms with Crippen LogP contribution in [-0.4, -0.2) is 34.5 Å². The van der Waals surface area contributed by atoms with Gasteiger partial charge in [-0.3, -0.25) is 4.79 Å². The van der Waals surface area contributed by atoms with Crippen molar-refractivity contribution >= 4 is 11.9 Å². The minimum absolute atomic E-state index is 0.153. The lowest BCUT2D eigenvalue weighted by Crippen LogP contribution is -2.36. The molecule has 1 saturated heterocycles. The zero-order chi connectivity index (χ0) is 10.1. The normalized spacial score (nSPS) is 30.1. The minimum Gasteiger partial charge on any atom is -0.478 e. The van der Waals surface area contributed by atoms with Gasteiger partial charge < -0.3 is 10.0 Å². The maximum Gasteiger partial charge on any atom is 0.328 e. The summed E-state index contributed by atoms with van der Waals surface area (Å²) >= 11 is 0. The van der Waals surface area contributed by atoms with Crippen molar-refractivity contribution in [2.75, 3.05) is 6.54 Å². The van der Waals surface area contributed by atoms with Crippen molar-refractivity contribution in [3.8, 4) is 0 Å². The molecule has 0 spiro atoms. The first-order valence-corrected chi connectivity index (χ1v) is 4.88. The summed E-state index contributed by atoms with van der Waals surface area (Å²) in [5.41, 5.74) is 0. The highest BCUT2D eigenvalue weighted by Gasteiger charge is 2.39. The largest absolute Gasteiger partial charge is 0.478 e. The van der Waals surface area contributed by atoms with Crippen molar-refractivity contribution in [2.24, 2.45) is 5.92 Å². The average molecular weight is 195 g/mol. The van der Waals surface area contributed by atoms with Gasteiger partial charge in [0.15, 0.2) is 0 Å². The predicted octanol–water partition coefficient (Wildman–Crippen LogP) is 0.638. The van der Waals surface area contributed by atoms with Crippen molar-refractivity contribution < 1.29 is 14.7 Å². The van der Waals surface area contributed by atoms with Crippen molar-refractivity contribution in [1.29, 1.82) is 0 Å². The summed E-state index contributed by atoms with van der Waals surface area (Å²) in [4.78, 5) is 23.5. The van der Waals surface area contributed by atoms with Gasteiger partial charge in [0.05, 0.1) is 0 Å². The first kappa shape index (κ1) is 9.24. The molecule has 2 aliphatic rings. The molecule has 4 nitrogen and oxygen atoms in total. The molecule has 0 aromatic carbocycles. The quantitative estimate of drug-likeness (QED) is 0.658. The molecule has 4 heteroatoms. The molecule has 1 amide bonds. The average Bonchev–Trinajstić information content (AvgIpc) is 2.74. The number of rotatable bonds is 2. The molecule has 1 aliphatic carbocycles. The van der Waals surface area contributed by atoms with Crippen LogP contribution in [0, 0.1) is 5.92 Å². The number of hydrogen-bond acceptors (Lipinski definition) is 2. The monoisotopic (exact) mass is 195 g/mol. The number of hydrogen-bond donors (Lipinski definition) is 1. The highest BCUT2D eigenvalue weighted by atomic mass is 16.4. The Balaban J connectivity index is 1.96. The Morgan fingerprint density at radius 3 is 2.57 bits per heavy atom. The number of carbonyl (C=O) groups is 2. The number of carboxylic acids is 1. The molecule has 1 heterocycles. The summed E-state index contributed by atoms with van der Waals surface area (Å²) < 4.78 is 0. The van der Waals surface area contributed by atoms with Crippen molar-refractivity contribution in [2.45, 2.75) is 25.3 Å². The van der Waals surface area contributed by atoms with Gasteiger partial charge >= 0.3 is 5.97 Å². The Labute approximate surface area is 82.2 Å². The first-order chi connectivity index (χ1) is 6.66. The van der Waals surface area contributed by atoms with Gasteiger partial charge in [-0.05, 0) is 25.2 Å². The van der Waals surface area contributed by atoms with Crippen LogP contribution >= 0.6 is 0 Å². The Hall–Kier alpha value is -1.32. The smallest absolute Gasteiger partial charge is 0.328 e. The Bertz CT molecular complexity index is 298. The minimum atomic E-state index is -1.07. The zero-order valence-corrected chi connectivity index (χ0v) is 7.85. The number of carbonyl (C=O) groups excluding carboxylic acids is 1. The van der Waals surface area contributed by atoms with E-state index in [9.17, 15) is 9.59 Å². The Kier molecular flexibility index (Phi) is 2.27. The molecule has 2 atom stereocenters. The van der Waals surface area contributed by atoms with Gasteiger partial charge in [0.2, 0.25) is 5.91 Å². The Morgan fingerprint density at radius 1 is 1.29 bits per heavy atom. The van der Waals surface area contributed by atoms with E-state index in [0.29, 0.717) is 12.0 Å².